The minimum atomic E-state index is -1.21. The quantitative estimate of drug-likeness (QED) is 0.299. The molecule has 0 aliphatic carbocycles. The summed E-state index contributed by atoms with van der Waals surface area (Å²) in [6, 6.07) is 0. The van der Waals surface area contributed by atoms with Crippen molar-refractivity contribution in [1.29, 1.82) is 0 Å². The molecule has 0 N–H and O–H groups in total. The molecule has 0 aromatic rings. The first-order valence-corrected chi connectivity index (χ1v) is 6.91. The fourth-order valence-electron chi connectivity index (χ4n) is 1.99. The smallest absolute Gasteiger partial charge is 0.550 e. The second-order valence-electron chi connectivity index (χ2n) is 4.69. The predicted molar refractivity (Wildman–Crippen MR) is 67.8 cm³/mol. The molecule has 0 spiro atoms. The number of carbonyl (C=O) groups is 2. The van der Waals surface area contributed by atoms with Gasteiger partial charge in [-0.2, -0.15) is 0 Å². The van der Waals surface area contributed by atoms with Gasteiger partial charge in [-0.25, -0.2) is 0 Å². The molecule has 0 amide bonds. The molecule has 0 bridgehead atoms. The number of aliphatic carboxylic acids is 1. The first kappa shape index (κ1) is 21.2. The molecule has 0 radical (unpaired) electrons. The zero-order chi connectivity index (χ0) is 14.0. The van der Waals surface area contributed by atoms with Crippen molar-refractivity contribution >= 4 is 11.9 Å². The van der Waals surface area contributed by atoms with Crippen LogP contribution in [0.1, 0.15) is 72.1 Å². The Bertz CT molecular complexity index is 262. The molecule has 0 aromatic heterocycles. The van der Waals surface area contributed by atoms with Crippen LogP contribution in [-0.4, -0.2) is 17.5 Å². The number of hydrogen-bond donors (Lipinski definition) is 0. The van der Waals surface area contributed by atoms with Crippen LogP contribution in [0.15, 0.2) is 0 Å². The number of ether oxygens (including phenoxy) is 1. The molecule has 0 aliphatic rings. The van der Waals surface area contributed by atoms with Crippen LogP contribution in [-0.2, 0) is 14.3 Å². The number of rotatable bonds is 10. The summed E-state index contributed by atoms with van der Waals surface area (Å²) in [5, 5.41) is 10.3. The Morgan fingerprint density at radius 3 is 2.05 bits per heavy atom. The van der Waals surface area contributed by atoms with E-state index in [0.717, 1.165) is 38.5 Å². The molecular weight excluding hydrogens is 255 g/mol. The van der Waals surface area contributed by atoms with E-state index in [2.05, 4.69) is 6.92 Å². The zero-order valence-electron chi connectivity index (χ0n) is 12.8. The SMILES string of the molecule is CCCCCC(CC)(CC)OC(=O)CCC(=O)[O-].[Na+]. The molecule has 5 heteroatoms. The first-order chi connectivity index (χ1) is 8.49. The molecule has 0 fully saturated rings. The molecule has 4 nitrogen and oxygen atoms in total. The Morgan fingerprint density at radius 1 is 1.05 bits per heavy atom. The van der Waals surface area contributed by atoms with Gasteiger partial charge in [0.1, 0.15) is 5.60 Å². The number of esters is 1. The Balaban J connectivity index is 0. The second-order valence-corrected chi connectivity index (χ2v) is 4.69. The molecule has 106 valence electrons. The summed E-state index contributed by atoms with van der Waals surface area (Å²) in [6.07, 6.45) is 5.31. The number of hydrogen-bond acceptors (Lipinski definition) is 4. The summed E-state index contributed by atoms with van der Waals surface area (Å²) in [5.41, 5.74) is -0.418. The Kier molecular flexibility index (Phi) is 13.1. The minimum absolute atomic E-state index is 0. The van der Waals surface area contributed by atoms with E-state index < -0.39 is 17.5 Å². The molecule has 0 atom stereocenters. The van der Waals surface area contributed by atoms with E-state index in [-0.39, 0.29) is 42.4 Å². The van der Waals surface area contributed by atoms with E-state index in [0.29, 0.717) is 0 Å². The third kappa shape index (κ3) is 9.47. The van der Waals surface area contributed by atoms with Crippen LogP contribution in [0, 0.1) is 0 Å². The average Bonchev–Trinajstić information content (AvgIpc) is 2.35. The maximum atomic E-state index is 11.6. The molecular formula is C14H25NaO4. The summed E-state index contributed by atoms with van der Waals surface area (Å²) in [6.45, 7) is 6.13. The molecule has 19 heavy (non-hydrogen) atoms. The zero-order valence-corrected chi connectivity index (χ0v) is 14.8. The standard InChI is InChI=1S/C14H26O4.Na/c1-4-7-8-11-14(5-2,6-3)18-13(17)10-9-12(15)16;/h4-11H2,1-3H3,(H,15,16);/q;+1/p-1. The molecule has 0 aliphatic heterocycles. The van der Waals surface area contributed by atoms with Crippen LogP contribution in [0.25, 0.3) is 0 Å². The van der Waals surface area contributed by atoms with Crippen molar-refractivity contribution in [2.75, 3.05) is 0 Å². The summed E-state index contributed by atoms with van der Waals surface area (Å²) in [5.74, 6) is -1.64. The van der Waals surface area contributed by atoms with Crippen LogP contribution in [0.3, 0.4) is 0 Å². The summed E-state index contributed by atoms with van der Waals surface area (Å²) in [7, 11) is 0. The van der Waals surface area contributed by atoms with Gasteiger partial charge in [-0.1, -0.05) is 33.6 Å². The number of unbranched alkanes of at least 4 members (excludes halogenated alkanes) is 2. The van der Waals surface area contributed by atoms with E-state index in [9.17, 15) is 14.7 Å². The number of carboxylic acids is 1. The van der Waals surface area contributed by atoms with E-state index in [4.69, 9.17) is 4.74 Å². The van der Waals surface area contributed by atoms with Crippen molar-refractivity contribution in [3.8, 4) is 0 Å². The largest absolute Gasteiger partial charge is 1.00 e. The topological polar surface area (TPSA) is 66.4 Å². The van der Waals surface area contributed by atoms with Crippen molar-refractivity contribution in [2.45, 2.75) is 77.7 Å². The molecule has 0 aromatic carbocycles. The Labute approximate surface area is 138 Å². The van der Waals surface area contributed by atoms with Crippen LogP contribution in [0.2, 0.25) is 0 Å². The van der Waals surface area contributed by atoms with Crippen LogP contribution in [0.4, 0.5) is 0 Å². The van der Waals surface area contributed by atoms with E-state index in [1.807, 2.05) is 13.8 Å². The van der Waals surface area contributed by atoms with Crippen LogP contribution < -0.4 is 34.7 Å². The van der Waals surface area contributed by atoms with Crippen molar-refractivity contribution in [3.05, 3.63) is 0 Å². The molecule has 0 rings (SSSR count). The van der Waals surface area contributed by atoms with Gasteiger partial charge in [-0.3, -0.25) is 4.79 Å². The van der Waals surface area contributed by atoms with Gasteiger partial charge in [0, 0.05) is 5.97 Å². The van der Waals surface area contributed by atoms with Gasteiger partial charge in [-0.05, 0) is 32.1 Å². The molecule has 0 saturated heterocycles. The third-order valence-corrected chi connectivity index (χ3v) is 3.39. The molecule has 0 saturated carbocycles. The summed E-state index contributed by atoms with van der Waals surface area (Å²) >= 11 is 0. The van der Waals surface area contributed by atoms with Crippen LogP contribution in [0.5, 0.6) is 0 Å². The van der Waals surface area contributed by atoms with Gasteiger partial charge < -0.3 is 14.6 Å². The third-order valence-electron chi connectivity index (χ3n) is 3.39. The van der Waals surface area contributed by atoms with Gasteiger partial charge in [0.05, 0.1) is 6.42 Å². The maximum absolute atomic E-state index is 11.6. The van der Waals surface area contributed by atoms with Crippen molar-refractivity contribution in [3.63, 3.8) is 0 Å². The molecule has 0 heterocycles. The van der Waals surface area contributed by atoms with Crippen molar-refractivity contribution in [2.24, 2.45) is 0 Å². The Morgan fingerprint density at radius 2 is 1.63 bits per heavy atom. The maximum Gasteiger partial charge on any atom is 1.00 e. The van der Waals surface area contributed by atoms with Gasteiger partial charge >= 0.3 is 35.5 Å². The van der Waals surface area contributed by atoms with Gasteiger partial charge in [-0.15, -0.1) is 0 Å². The van der Waals surface area contributed by atoms with Gasteiger partial charge in [0.2, 0.25) is 0 Å². The normalized spacial score (nSPS) is 10.7. The number of carbonyl (C=O) groups excluding carboxylic acids is 2. The summed E-state index contributed by atoms with van der Waals surface area (Å²) in [4.78, 5) is 21.9. The fourth-order valence-corrected chi connectivity index (χ4v) is 1.99. The summed E-state index contributed by atoms with van der Waals surface area (Å²) < 4.78 is 5.50. The van der Waals surface area contributed by atoms with Gasteiger partial charge in [0.25, 0.3) is 0 Å². The number of carboxylic acid groups (broad SMARTS) is 1. The van der Waals surface area contributed by atoms with Crippen LogP contribution >= 0.6 is 0 Å². The monoisotopic (exact) mass is 280 g/mol. The second kappa shape index (κ2) is 11.7. The molecule has 0 unspecified atom stereocenters. The predicted octanol–water partition coefficient (Wildman–Crippen LogP) is -0.797. The minimum Gasteiger partial charge on any atom is -0.550 e. The van der Waals surface area contributed by atoms with Gasteiger partial charge in [0.15, 0.2) is 0 Å². The van der Waals surface area contributed by atoms with E-state index in [1.165, 1.54) is 0 Å². The van der Waals surface area contributed by atoms with Crippen molar-refractivity contribution < 1.29 is 49.0 Å². The van der Waals surface area contributed by atoms with Crippen molar-refractivity contribution in [1.82, 2.24) is 0 Å². The average molecular weight is 280 g/mol. The van der Waals surface area contributed by atoms with E-state index >= 15 is 0 Å². The fraction of sp³-hybridized carbons (Fsp3) is 0.857. The Hall–Kier alpha value is -0.0600. The van der Waals surface area contributed by atoms with E-state index in [1.54, 1.807) is 0 Å². The first-order valence-electron chi connectivity index (χ1n) is 6.91.